The van der Waals surface area contributed by atoms with Crippen LogP contribution in [0.1, 0.15) is 38.3 Å². The van der Waals surface area contributed by atoms with E-state index in [2.05, 4.69) is 0 Å². The molecule has 1 aromatic rings. The van der Waals surface area contributed by atoms with Gasteiger partial charge in [-0.1, -0.05) is 37.3 Å². The van der Waals surface area contributed by atoms with Crippen LogP contribution in [0.4, 0.5) is 4.79 Å². The molecule has 0 aromatic heterocycles. The predicted octanol–water partition coefficient (Wildman–Crippen LogP) is 2.91. The van der Waals surface area contributed by atoms with Gasteiger partial charge >= 0.3 is 12.1 Å². The van der Waals surface area contributed by atoms with Gasteiger partial charge in [-0.2, -0.15) is 0 Å². The number of cyclic esters (lactones) is 1. The first-order valence-electron chi connectivity index (χ1n) is 7.33. The molecule has 1 amide bonds. The molecule has 0 radical (unpaired) electrons. The lowest BCUT2D eigenvalue weighted by molar-refractivity contribution is -0.144. The molecule has 1 heterocycles. The van der Waals surface area contributed by atoms with Gasteiger partial charge in [-0.15, -0.1) is 0 Å². The number of nitrogens with zero attached hydrogens (tertiary/aromatic N) is 1. The molecule has 1 saturated heterocycles. The van der Waals surface area contributed by atoms with Crippen molar-refractivity contribution in [1.82, 2.24) is 4.90 Å². The molecule has 114 valence electrons. The van der Waals surface area contributed by atoms with Crippen molar-refractivity contribution in [2.45, 2.75) is 38.8 Å². The van der Waals surface area contributed by atoms with E-state index in [9.17, 15) is 9.59 Å². The molecule has 0 N–H and O–H groups in total. The molecule has 0 bridgehead atoms. The minimum absolute atomic E-state index is 0.141. The van der Waals surface area contributed by atoms with Crippen LogP contribution in [0.25, 0.3) is 0 Å². The zero-order chi connectivity index (χ0) is 15.2. The fraction of sp³-hybridized carbons (Fsp3) is 0.500. The quantitative estimate of drug-likeness (QED) is 0.756. The zero-order valence-electron chi connectivity index (χ0n) is 12.5. The van der Waals surface area contributed by atoms with E-state index in [0.717, 1.165) is 5.56 Å². The Morgan fingerprint density at radius 1 is 1.38 bits per heavy atom. The lowest BCUT2D eigenvalue weighted by Gasteiger charge is -2.29. The Balaban J connectivity index is 2.16. The first-order chi connectivity index (χ1) is 10.2. The first-order valence-corrected chi connectivity index (χ1v) is 7.33. The van der Waals surface area contributed by atoms with Crippen LogP contribution in [-0.4, -0.2) is 36.2 Å². The summed E-state index contributed by atoms with van der Waals surface area (Å²) >= 11 is 0. The van der Waals surface area contributed by atoms with Crippen molar-refractivity contribution in [3.05, 3.63) is 35.9 Å². The predicted molar refractivity (Wildman–Crippen MR) is 77.7 cm³/mol. The van der Waals surface area contributed by atoms with Crippen LogP contribution in [0.2, 0.25) is 0 Å². The summed E-state index contributed by atoms with van der Waals surface area (Å²) in [5, 5.41) is 0. The average Bonchev–Trinajstić information content (AvgIpc) is 2.88. The van der Waals surface area contributed by atoms with Crippen LogP contribution in [0.3, 0.4) is 0 Å². The lowest BCUT2D eigenvalue weighted by Crippen LogP contribution is -2.39. The number of esters is 1. The molecule has 2 atom stereocenters. The number of hydrogen-bond donors (Lipinski definition) is 0. The van der Waals surface area contributed by atoms with E-state index >= 15 is 0 Å². The highest BCUT2D eigenvalue weighted by Crippen LogP contribution is 2.31. The van der Waals surface area contributed by atoms with Crippen molar-refractivity contribution in [2.75, 3.05) is 13.2 Å². The van der Waals surface area contributed by atoms with Crippen LogP contribution in [-0.2, 0) is 14.3 Å². The Kier molecular flexibility index (Phi) is 5.20. The van der Waals surface area contributed by atoms with Gasteiger partial charge in [0, 0.05) is 6.04 Å². The van der Waals surface area contributed by atoms with Crippen LogP contribution in [0.15, 0.2) is 30.3 Å². The van der Waals surface area contributed by atoms with Gasteiger partial charge in [-0.25, -0.2) is 4.79 Å². The highest BCUT2D eigenvalue weighted by Gasteiger charge is 2.39. The normalized spacial score (nSPS) is 19.2. The molecule has 0 unspecified atom stereocenters. The number of amides is 1. The maximum absolute atomic E-state index is 12.0. The molecule has 1 fully saturated rings. The number of ether oxygens (including phenoxy) is 2. The van der Waals surface area contributed by atoms with Crippen molar-refractivity contribution >= 4 is 12.1 Å². The molecule has 0 aliphatic carbocycles. The van der Waals surface area contributed by atoms with E-state index < -0.39 is 0 Å². The third-order valence-corrected chi connectivity index (χ3v) is 3.67. The average molecular weight is 291 g/mol. The highest BCUT2D eigenvalue weighted by molar-refractivity contribution is 5.74. The summed E-state index contributed by atoms with van der Waals surface area (Å²) in [4.78, 5) is 25.4. The maximum Gasteiger partial charge on any atom is 0.410 e. The number of carbonyl (C=O) groups is 2. The van der Waals surface area contributed by atoms with Gasteiger partial charge in [-0.05, 0) is 18.9 Å². The van der Waals surface area contributed by atoms with Gasteiger partial charge < -0.3 is 9.47 Å². The SMILES string of the molecule is CCOC(=O)C[C@H](CC)N1C(=O)OC[C@H]1c1ccccc1. The molecular formula is C16H21NO4. The van der Waals surface area contributed by atoms with E-state index in [4.69, 9.17) is 9.47 Å². The van der Waals surface area contributed by atoms with Crippen molar-refractivity contribution in [1.29, 1.82) is 0 Å². The summed E-state index contributed by atoms with van der Waals surface area (Å²) in [7, 11) is 0. The fourth-order valence-corrected chi connectivity index (χ4v) is 2.62. The Bertz CT molecular complexity index is 488. The monoisotopic (exact) mass is 291 g/mol. The van der Waals surface area contributed by atoms with Gasteiger partial charge in [0.05, 0.1) is 19.1 Å². The zero-order valence-corrected chi connectivity index (χ0v) is 12.5. The van der Waals surface area contributed by atoms with Gasteiger partial charge in [0.25, 0.3) is 0 Å². The lowest BCUT2D eigenvalue weighted by atomic mass is 10.0. The minimum Gasteiger partial charge on any atom is -0.466 e. The third-order valence-electron chi connectivity index (χ3n) is 3.67. The summed E-state index contributed by atoms with van der Waals surface area (Å²) in [6.45, 7) is 4.40. The van der Waals surface area contributed by atoms with Crippen molar-refractivity contribution in [3.8, 4) is 0 Å². The van der Waals surface area contributed by atoms with Gasteiger partial charge in [0.2, 0.25) is 0 Å². The molecule has 1 aromatic carbocycles. The van der Waals surface area contributed by atoms with Crippen LogP contribution in [0.5, 0.6) is 0 Å². The largest absolute Gasteiger partial charge is 0.466 e. The number of rotatable bonds is 6. The number of carbonyl (C=O) groups excluding carboxylic acids is 2. The van der Waals surface area contributed by atoms with Crippen molar-refractivity contribution in [3.63, 3.8) is 0 Å². The molecular weight excluding hydrogens is 270 g/mol. The number of hydrogen-bond acceptors (Lipinski definition) is 4. The Morgan fingerprint density at radius 2 is 2.10 bits per heavy atom. The smallest absolute Gasteiger partial charge is 0.410 e. The molecule has 21 heavy (non-hydrogen) atoms. The van der Waals surface area contributed by atoms with Crippen molar-refractivity contribution < 1.29 is 19.1 Å². The Hall–Kier alpha value is -2.04. The molecule has 2 rings (SSSR count). The summed E-state index contributed by atoms with van der Waals surface area (Å²) in [6.07, 6.45) is 0.514. The molecule has 0 spiro atoms. The van der Waals surface area contributed by atoms with Crippen molar-refractivity contribution in [2.24, 2.45) is 0 Å². The molecule has 5 heteroatoms. The second-order valence-electron chi connectivity index (χ2n) is 4.98. The summed E-state index contributed by atoms with van der Waals surface area (Å²) in [5.74, 6) is -0.282. The van der Waals surface area contributed by atoms with E-state index in [1.54, 1.807) is 11.8 Å². The summed E-state index contributed by atoms with van der Waals surface area (Å²) in [5.41, 5.74) is 1.02. The second-order valence-corrected chi connectivity index (χ2v) is 4.98. The Morgan fingerprint density at radius 3 is 2.71 bits per heavy atom. The van der Waals surface area contributed by atoms with Crippen LogP contribution in [0, 0.1) is 0 Å². The van der Waals surface area contributed by atoms with Gasteiger partial charge in [0.15, 0.2) is 0 Å². The molecule has 1 aliphatic heterocycles. The first kappa shape index (κ1) is 15.4. The van der Waals surface area contributed by atoms with E-state index in [1.807, 2.05) is 37.3 Å². The maximum atomic E-state index is 12.0. The summed E-state index contributed by atoms with van der Waals surface area (Å²) < 4.78 is 10.2. The molecule has 0 saturated carbocycles. The van der Waals surface area contributed by atoms with Crippen LogP contribution >= 0.6 is 0 Å². The Labute approximate surface area is 124 Å². The topological polar surface area (TPSA) is 55.8 Å². The standard InChI is InChI=1S/C16H21NO4/c1-3-13(10-15(18)20-4-2)17-14(11-21-16(17)19)12-8-6-5-7-9-12/h5-9,13-14H,3-4,10-11H2,1-2H3/t13-,14-/m0/s1. The third kappa shape index (κ3) is 3.54. The van der Waals surface area contributed by atoms with E-state index in [1.165, 1.54) is 0 Å². The molecule has 5 nitrogen and oxygen atoms in total. The van der Waals surface area contributed by atoms with Crippen LogP contribution < -0.4 is 0 Å². The van der Waals surface area contributed by atoms with Gasteiger partial charge in [-0.3, -0.25) is 9.69 Å². The number of benzene rings is 1. The fourth-order valence-electron chi connectivity index (χ4n) is 2.62. The highest BCUT2D eigenvalue weighted by atomic mass is 16.6. The minimum atomic E-state index is -0.361. The van der Waals surface area contributed by atoms with E-state index in [-0.39, 0.29) is 30.6 Å². The second kappa shape index (κ2) is 7.11. The molecule has 1 aliphatic rings. The van der Waals surface area contributed by atoms with Gasteiger partial charge in [0.1, 0.15) is 6.61 Å². The summed E-state index contributed by atoms with van der Waals surface area (Å²) in [6, 6.07) is 9.39. The van der Waals surface area contributed by atoms with E-state index in [0.29, 0.717) is 19.6 Å².